The highest BCUT2D eigenvalue weighted by molar-refractivity contribution is 7.12. The standard InChI is InChI=1S/C15H21N5OS/c1-6-13(12-7-8(2)22-9(12)3)19-15-17-10(4)16-14(20-15)18-11(5)21/h7,13H,6H2,1-5H3,(H2,16,17,18,19,20,21). The summed E-state index contributed by atoms with van der Waals surface area (Å²) in [5, 5.41) is 5.94. The number of nitrogens with zero attached hydrogens (tertiary/aromatic N) is 3. The van der Waals surface area contributed by atoms with Gasteiger partial charge in [0.05, 0.1) is 6.04 Å². The highest BCUT2D eigenvalue weighted by atomic mass is 32.1. The van der Waals surface area contributed by atoms with Crippen LogP contribution in [0.4, 0.5) is 11.9 Å². The van der Waals surface area contributed by atoms with Gasteiger partial charge in [0.25, 0.3) is 0 Å². The second-order valence-electron chi connectivity index (χ2n) is 5.18. The lowest BCUT2D eigenvalue weighted by Gasteiger charge is -2.17. The van der Waals surface area contributed by atoms with Gasteiger partial charge in [-0.2, -0.15) is 15.0 Å². The van der Waals surface area contributed by atoms with Crippen molar-refractivity contribution in [1.82, 2.24) is 15.0 Å². The van der Waals surface area contributed by atoms with Crippen LogP contribution in [-0.2, 0) is 4.79 Å². The molecule has 2 N–H and O–H groups in total. The van der Waals surface area contributed by atoms with Crippen LogP contribution in [-0.4, -0.2) is 20.9 Å². The third kappa shape index (κ3) is 4.00. The summed E-state index contributed by atoms with van der Waals surface area (Å²) in [5.74, 6) is 1.11. The van der Waals surface area contributed by atoms with Gasteiger partial charge in [-0.3, -0.25) is 10.1 Å². The van der Waals surface area contributed by atoms with E-state index in [1.165, 1.54) is 22.2 Å². The third-order valence-corrected chi connectivity index (χ3v) is 4.18. The van der Waals surface area contributed by atoms with Crippen LogP contribution in [0.25, 0.3) is 0 Å². The lowest BCUT2D eigenvalue weighted by Crippen LogP contribution is -2.16. The molecule has 0 radical (unpaired) electrons. The third-order valence-electron chi connectivity index (χ3n) is 3.20. The van der Waals surface area contributed by atoms with Crippen molar-refractivity contribution in [1.29, 1.82) is 0 Å². The molecular weight excluding hydrogens is 298 g/mol. The summed E-state index contributed by atoms with van der Waals surface area (Å²) < 4.78 is 0. The summed E-state index contributed by atoms with van der Waals surface area (Å²) in [6.45, 7) is 9.55. The van der Waals surface area contributed by atoms with Crippen LogP contribution in [0.3, 0.4) is 0 Å². The second kappa shape index (κ2) is 6.83. The number of anilines is 2. The lowest BCUT2D eigenvalue weighted by molar-refractivity contribution is -0.114. The number of hydrogen-bond donors (Lipinski definition) is 2. The minimum absolute atomic E-state index is 0.136. The van der Waals surface area contributed by atoms with Crippen LogP contribution in [0.5, 0.6) is 0 Å². The van der Waals surface area contributed by atoms with E-state index in [-0.39, 0.29) is 17.9 Å². The van der Waals surface area contributed by atoms with E-state index in [9.17, 15) is 4.79 Å². The average molecular weight is 319 g/mol. The Bertz CT molecular complexity index is 683. The fourth-order valence-electron chi connectivity index (χ4n) is 2.31. The lowest BCUT2D eigenvalue weighted by atomic mass is 10.1. The Balaban J connectivity index is 2.26. The summed E-state index contributed by atoms with van der Waals surface area (Å²) in [7, 11) is 0. The molecule has 0 saturated heterocycles. The molecule has 0 saturated carbocycles. The van der Waals surface area contributed by atoms with Gasteiger partial charge in [0.1, 0.15) is 5.82 Å². The SMILES string of the molecule is CCC(Nc1nc(C)nc(NC(C)=O)n1)c1cc(C)sc1C. The predicted molar refractivity (Wildman–Crippen MR) is 89.3 cm³/mol. The molecular formula is C15H21N5OS. The Morgan fingerprint density at radius 2 is 1.91 bits per heavy atom. The summed E-state index contributed by atoms with van der Waals surface area (Å²) >= 11 is 1.79. The van der Waals surface area contributed by atoms with Gasteiger partial charge in [-0.05, 0) is 38.8 Å². The van der Waals surface area contributed by atoms with Crippen molar-refractivity contribution in [3.63, 3.8) is 0 Å². The van der Waals surface area contributed by atoms with Crippen molar-refractivity contribution in [2.75, 3.05) is 10.6 Å². The number of aromatic nitrogens is 3. The molecule has 0 bridgehead atoms. The molecule has 1 amide bonds. The molecule has 6 nitrogen and oxygen atoms in total. The molecule has 118 valence electrons. The molecule has 0 aliphatic heterocycles. The van der Waals surface area contributed by atoms with Crippen LogP contribution in [0.2, 0.25) is 0 Å². The number of hydrogen-bond acceptors (Lipinski definition) is 6. The number of carbonyl (C=O) groups is 1. The monoisotopic (exact) mass is 319 g/mol. The maximum atomic E-state index is 11.2. The molecule has 2 rings (SSSR count). The highest BCUT2D eigenvalue weighted by Gasteiger charge is 2.16. The topological polar surface area (TPSA) is 79.8 Å². The van der Waals surface area contributed by atoms with Gasteiger partial charge in [0, 0.05) is 16.7 Å². The molecule has 0 fully saturated rings. The minimum atomic E-state index is -0.201. The molecule has 0 aliphatic rings. The van der Waals surface area contributed by atoms with E-state index >= 15 is 0 Å². The van der Waals surface area contributed by atoms with Crippen LogP contribution in [0, 0.1) is 20.8 Å². The number of thiophene rings is 1. The number of amides is 1. The fraction of sp³-hybridized carbons (Fsp3) is 0.467. The fourth-order valence-corrected chi connectivity index (χ4v) is 3.30. The first-order chi connectivity index (χ1) is 10.4. The number of carbonyl (C=O) groups excluding carboxylic acids is 1. The molecule has 0 aromatic carbocycles. The van der Waals surface area contributed by atoms with Crippen molar-refractivity contribution in [3.05, 3.63) is 27.2 Å². The zero-order chi connectivity index (χ0) is 16.3. The first-order valence-corrected chi connectivity index (χ1v) is 8.04. The van der Waals surface area contributed by atoms with E-state index < -0.39 is 0 Å². The summed E-state index contributed by atoms with van der Waals surface area (Å²) in [5.41, 5.74) is 1.27. The predicted octanol–water partition coefficient (Wildman–Crippen LogP) is 3.38. The minimum Gasteiger partial charge on any atom is -0.347 e. The van der Waals surface area contributed by atoms with Crippen LogP contribution in [0.1, 0.15) is 47.5 Å². The van der Waals surface area contributed by atoms with Crippen LogP contribution >= 0.6 is 11.3 Å². The van der Waals surface area contributed by atoms with Gasteiger partial charge in [-0.25, -0.2) is 0 Å². The molecule has 2 aromatic rings. The van der Waals surface area contributed by atoms with Crippen molar-refractivity contribution in [3.8, 4) is 0 Å². The smallest absolute Gasteiger partial charge is 0.234 e. The van der Waals surface area contributed by atoms with E-state index in [0.717, 1.165) is 6.42 Å². The Kier molecular flexibility index (Phi) is 5.07. The molecule has 0 spiro atoms. The van der Waals surface area contributed by atoms with Gasteiger partial charge in [0.2, 0.25) is 17.8 Å². The van der Waals surface area contributed by atoms with Crippen molar-refractivity contribution >= 4 is 29.1 Å². The molecule has 2 aromatic heterocycles. The van der Waals surface area contributed by atoms with Crippen molar-refractivity contribution in [2.45, 2.75) is 47.1 Å². The summed E-state index contributed by atoms with van der Waals surface area (Å²) in [4.78, 5) is 26.4. The molecule has 22 heavy (non-hydrogen) atoms. The Morgan fingerprint density at radius 3 is 2.45 bits per heavy atom. The number of rotatable bonds is 5. The molecule has 2 heterocycles. The first kappa shape index (κ1) is 16.4. The van der Waals surface area contributed by atoms with Gasteiger partial charge < -0.3 is 5.32 Å². The maximum absolute atomic E-state index is 11.2. The van der Waals surface area contributed by atoms with E-state index in [1.807, 2.05) is 0 Å². The van der Waals surface area contributed by atoms with Gasteiger partial charge in [-0.15, -0.1) is 11.3 Å². The maximum Gasteiger partial charge on any atom is 0.234 e. The van der Waals surface area contributed by atoms with Gasteiger partial charge in [0.15, 0.2) is 0 Å². The summed E-state index contributed by atoms with van der Waals surface area (Å²) in [6.07, 6.45) is 0.914. The second-order valence-corrected chi connectivity index (χ2v) is 6.65. The van der Waals surface area contributed by atoms with E-state index in [1.54, 1.807) is 18.3 Å². The Labute approximate surface area is 134 Å². The van der Waals surface area contributed by atoms with Crippen LogP contribution in [0.15, 0.2) is 6.07 Å². The molecule has 7 heteroatoms. The summed E-state index contributed by atoms with van der Waals surface area (Å²) in [6, 6.07) is 2.33. The van der Waals surface area contributed by atoms with Gasteiger partial charge >= 0.3 is 0 Å². The van der Waals surface area contributed by atoms with E-state index in [4.69, 9.17) is 0 Å². The van der Waals surface area contributed by atoms with E-state index in [0.29, 0.717) is 11.8 Å². The first-order valence-electron chi connectivity index (χ1n) is 7.22. The van der Waals surface area contributed by atoms with Crippen molar-refractivity contribution in [2.24, 2.45) is 0 Å². The molecule has 1 unspecified atom stereocenters. The Hall–Kier alpha value is -2.02. The largest absolute Gasteiger partial charge is 0.347 e. The number of aryl methyl sites for hydroxylation is 3. The zero-order valence-corrected chi connectivity index (χ0v) is 14.3. The van der Waals surface area contributed by atoms with E-state index in [2.05, 4.69) is 52.4 Å². The zero-order valence-electron chi connectivity index (χ0n) is 13.5. The van der Waals surface area contributed by atoms with Crippen LogP contribution < -0.4 is 10.6 Å². The number of nitrogens with one attached hydrogen (secondary N) is 2. The highest BCUT2D eigenvalue weighted by Crippen LogP contribution is 2.30. The Morgan fingerprint density at radius 1 is 1.23 bits per heavy atom. The van der Waals surface area contributed by atoms with Gasteiger partial charge in [-0.1, -0.05) is 6.92 Å². The normalized spacial score (nSPS) is 12.0. The average Bonchev–Trinajstić information content (AvgIpc) is 2.73. The quantitative estimate of drug-likeness (QED) is 0.883. The molecule has 1 atom stereocenters. The van der Waals surface area contributed by atoms with Crippen molar-refractivity contribution < 1.29 is 4.79 Å². The molecule has 0 aliphatic carbocycles.